The van der Waals surface area contributed by atoms with Gasteiger partial charge in [0.2, 0.25) is 0 Å². The number of fused-ring (bicyclic) bond motifs is 11. The predicted molar refractivity (Wildman–Crippen MR) is 128 cm³/mol. The van der Waals surface area contributed by atoms with E-state index in [1.165, 1.54) is 65.6 Å². The van der Waals surface area contributed by atoms with Gasteiger partial charge in [0.1, 0.15) is 0 Å². The SMILES string of the molecule is CCn1c2cc3ccccc3cc2c2c3c(c4ccccc4c21)-c1ccccc1C3. The minimum atomic E-state index is 0.966. The van der Waals surface area contributed by atoms with Crippen molar-refractivity contribution in [3.63, 3.8) is 0 Å². The summed E-state index contributed by atoms with van der Waals surface area (Å²) in [5.74, 6) is 0. The highest BCUT2D eigenvalue weighted by atomic mass is 15.0. The number of rotatable bonds is 1. The lowest BCUT2D eigenvalue weighted by Gasteiger charge is -2.12. The van der Waals surface area contributed by atoms with Crippen molar-refractivity contribution in [3.8, 4) is 11.1 Å². The summed E-state index contributed by atoms with van der Waals surface area (Å²) in [4.78, 5) is 0. The lowest BCUT2D eigenvalue weighted by Crippen LogP contribution is -1.95. The predicted octanol–water partition coefficient (Wildman–Crippen LogP) is 7.69. The third kappa shape index (κ3) is 1.92. The molecule has 1 heteroatoms. The first-order chi connectivity index (χ1) is 14.8. The molecule has 5 aromatic carbocycles. The molecule has 1 heterocycles. The number of aromatic nitrogens is 1. The van der Waals surface area contributed by atoms with Crippen molar-refractivity contribution < 1.29 is 0 Å². The summed E-state index contributed by atoms with van der Waals surface area (Å²) < 4.78 is 2.53. The van der Waals surface area contributed by atoms with Gasteiger partial charge in [0.25, 0.3) is 0 Å². The van der Waals surface area contributed by atoms with Crippen LogP contribution in [0, 0.1) is 0 Å². The Morgan fingerprint density at radius 1 is 0.733 bits per heavy atom. The Bertz CT molecular complexity index is 1650. The summed E-state index contributed by atoms with van der Waals surface area (Å²) in [6.07, 6.45) is 1.02. The maximum atomic E-state index is 2.53. The minimum Gasteiger partial charge on any atom is -0.340 e. The molecule has 0 saturated carbocycles. The van der Waals surface area contributed by atoms with Crippen molar-refractivity contribution in [1.29, 1.82) is 0 Å². The molecule has 0 unspecified atom stereocenters. The standard InChI is InChI=1S/C29H21N/c1-2-30-26-17-19-10-4-3-9-18(19)15-24(26)28-25-16-20-11-5-6-12-21(20)27(25)22-13-7-8-14-23(22)29(28)30/h3-15,17H,2,16H2,1H3. The third-order valence-electron chi connectivity index (χ3n) is 6.96. The molecule has 0 aliphatic heterocycles. The van der Waals surface area contributed by atoms with Gasteiger partial charge in [-0.2, -0.15) is 0 Å². The molecule has 7 rings (SSSR count). The summed E-state index contributed by atoms with van der Waals surface area (Å²) >= 11 is 0. The van der Waals surface area contributed by atoms with Crippen molar-refractivity contribution in [3.05, 3.63) is 96.1 Å². The molecule has 0 radical (unpaired) electrons. The molecule has 1 nitrogen and oxygen atoms in total. The number of benzene rings is 5. The second-order valence-electron chi connectivity index (χ2n) is 8.42. The number of nitrogens with zero attached hydrogens (tertiary/aromatic N) is 1. The average Bonchev–Trinajstić information content (AvgIpc) is 3.33. The quantitative estimate of drug-likeness (QED) is 0.274. The van der Waals surface area contributed by atoms with E-state index in [2.05, 4.69) is 96.4 Å². The Labute approximate surface area is 175 Å². The van der Waals surface area contributed by atoms with E-state index in [1.54, 1.807) is 0 Å². The smallest absolute Gasteiger partial charge is 0.0574 e. The zero-order chi connectivity index (χ0) is 19.8. The number of hydrogen-bond acceptors (Lipinski definition) is 0. The highest BCUT2D eigenvalue weighted by Gasteiger charge is 2.27. The number of hydrogen-bond donors (Lipinski definition) is 0. The van der Waals surface area contributed by atoms with Crippen LogP contribution in [-0.2, 0) is 13.0 Å². The van der Waals surface area contributed by atoms with E-state index in [4.69, 9.17) is 0 Å². The topological polar surface area (TPSA) is 4.93 Å². The van der Waals surface area contributed by atoms with Gasteiger partial charge in [-0.15, -0.1) is 0 Å². The maximum Gasteiger partial charge on any atom is 0.0574 e. The van der Waals surface area contributed by atoms with E-state index in [9.17, 15) is 0 Å². The molecule has 6 aromatic rings. The van der Waals surface area contributed by atoms with Crippen LogP contribution in [-0.4, -0.2) is 4.57 Å². The molecule has 0 fully saturated rings. The fourth-order valence-electron chi connectivity index (χ4n) is 5.74. The normalized spacial score (nSPS) is 12.8. The van der Waals surface area contributed by atoms with Gasteiger partial charge in [-0.1, -0.05) is 72.8 Å². The van der Waals surface area contributed by atoms with Crippen LogP contribution in [0.3, 0.4) is 0 Å². The highest BCUT2D eigenvalue weighted by Crippen LogP contribution is 2.49. The van der Waals surface area contributed by atoms with Gasteiger partial charge in [0.05, 0.1) is 5.52 Å². The van der Waals surface area contributed by atoms with Gasteiger partial charge >= 0.3 is 0 Å². The van der Waals surface area contributed by atoms with E-state index in [-0.39, 0.29) is 0 Å². The molecule has 142 valence electrons. The molecular weight excluding hydrogens is 362 g/mol. The first-order valence-electron chi connectivity index (χ1n) is 10.8. The van der Waals surface area contributed by atoms with Crippen LogP contribution in [0.2, 0.25) is 0 Å². The Kier molecular flexibility index (Phi) is 3.10. The molecular formula is C29H21N. The highest BCUT2D eigenvalue weighted by molar-refractivity contribution is 6.25. The zero-order valence-electron chi connectivity index (χ0n) is 16.9. The molecule has 0 amide bonds. The Morgan fingerprint density at radius 3 is 2.27 bits per heavy atom. The summed E-state index contributed by atoms with van der Waals surface area (Å²) in [6, 6.07) is 31.5. The molecule has 1 aliphatic rings. The number of aryl methyl sites for hydroxylation is 1. The molecule has 0 N–H and O–H groups in total. The lowest BCUT2D eigenvalue weighted by molar-refractivity contribution is 0.830. The first kappa shape index (κ1) is 16.2. The second kappa shape index (κ2) is 5.73. The van der Waals surface area contributed by atoms with Gasteiger partial charge in [0.15, 0.2) is 0 Å². The second-order valence-corrected chi connectivity index (χ2v) is 8.42. The molecule has 30 heavy (non-hydrogen) atoms. The van der Waals surface area contributed by atoms with E-state index in [0.717, 1.165) is 13.0 Å². The fourth-order valence-corrected chi connectivity index (χ4v) is 5.74. The average molecular weight is 383 g/mol. The van der Waals surface area contributed by atoms with Crippen LogP contribution in [0.5, 0.6) is 0 Å². The van der Waals surface area contributed by atoms with Crippen LogP contribution in [0.15, 0.2) is 84.9 Å². The van der Waals surface area contributed by atoms with Crippen LogP contribution in [0.25, 0.3) is 54.5 Å². The van der Waals surface area contributed by atoms with E-state index in [1.807, 2.05) is 0 Å². The van der Waals surface area contributed by atoms with Gasteiger partial charge in [0, 0.05) is 28.2 Å². The van der Waals surface area contributed by atoms with Gasteiger partial charge < -0.3 is 4.57 Å². The van der Waals surface area contributed by atoms with Crippen molar-refractivity contribution in [2.45, 2.75) is 19.9 Å². The fraction of sp³-hybridized carbons (Fsp3) is 0.103. The van der Waals surface area contributed by atoms with Crippen molar-refractivity contribution in [2.75, 3.05) is 0 Å². The van der Waals surface area contributed by atoms with Gasteiger partial charge in [-0.05, 0) is 63.9 Å². The summed E-state index contributed by atoms with van der Waals surface area (Å²) in [5, 5.41) is 8.21. The Morgan fingerprint density at radius 2 is 1.43 bits per heavy atom. The van der Waals surface area contributed by atoms with Gasteiger partial charge in [-0.3, -0.25) is 0 Å². The largest absolute Gasteiger partial charge is 0.340 e. The van der Waals surface area contributed by atoms with E-state index in [0.29, 0.717) is 0 Å². The lowest BCUT2D eigenvalue weighted by atomic mass is 9.93. The van der Waals surface area contributed by atoms with Crippen molar-refractivity contribution >= 4 is 43.4 Å². The molecule has 0 saturated heterocycles. The van der Waals surface area contributed by atoms with Crippen LogP contribution < -0.4 is 0 Å². The Hall–Kier alpha value is -3.58. The van der Waals surface area contributed by atoms with E-state index < -0.39 is 0 Å². The third-order valence-corrected chi connectivity index (χ3v) is 6.96. The van der Waals surface area contributed by atoms with Crippen molar-refractivity contribution in [2.24, 2.45) is 0 Å². The van der Waals surface area contributed by atoms with Crippen LogP contribution >= 0.6 is 0 Å². The molecule has 1 aromatic heterocycles. The molecule has 0 spiro atoms. The summed E-state index contributed by atoms with van der Waals surface area (Å²) in [5.41, 5.74) is 8.53. The van der Waals surface area contributed by atoms with Crippen LogP contribution in [0.1, 0.15) is 18.1 Å². The monoisotopic (exact) mass is 383 g/mol. The van der Waals surface area contributed by atoms with Gasteiger partial charge in [-0.25, -0.2) is 0 Å². The van der Waals surface area contributed by atoms with Crippen molar-refractivity contribution in [1.82, 2.24) is 4.57 Å². The minimum absolute atomic E-state index is 0.966. The maximum absolute atomic E-state index is 2.53. The first-order valence-corrected chi connectivity index (χ1v) is 10.8. The molecule has 1 aliphatic carbocycles. The summed E-state index contributed by atoms with van der Waals surface area (Å²) in [6.45, 7) is 3.24. The van der Waals surface area contributed by atoms with Crippen LogP contribution in [0.4, 0.5) is 0 Å². The zero-order valence-corrected chi connectivity index (χ0v) is 16.9. The van der Waals surface area contributed by atoms with E-state index >= 15 is 0 Å². The molecule has 0 atom stereocenters. The summed E-state index contributed by atoms with van der Waals surface area (Å²) in [7, 11) is 0. The molecule has 0 bridgehead atoms. The Balaban J connectivity index is 1.80.